The third kappa shape index (κ3) is 3.24. The van der Waals surface area contributed by atoms with E-state index in [4.69, 9.17) is 17.3 Å². The second-order valence-corrected chi connectivity index (χ2v) is 4.96. The van der Waals surface area contributed by atoms with Gasteiger partial charge in [0.15, 0.2) is 5.78 Å². The van der Waals surface area contributed by atoms with Gasteiger partial charge in [-0.15, -0.1) is 0 Å². The Bertz CT molecular complexity index is 560. The molecule has 5 heteroatoms. The van der Waals surface area contributed by atoms with Gasteiger partial charge in [0.05, 0.1) is 11.4 Å². The lowest BCUT2D eigenvalue weighted by atomic mass is 10.2. The highest BCUT2D eigenvalue weighted by molar-refractivity contribution is 8.00. The van der Waals surface area contributed by atoms with E-state index in [0.29, 0.717) is 27.2 Å². The van der Waals surface area contributed by atoms with E-state index >= 15 is 0 Å². The van der Waals surface area contributed by atoms with Gasteiger partial charge in [0.1, 0.15) is 10.2 Å². The van der Waals surface area contributed by atoms with Crippen molar-refractivity contribution in [3.8, 4) is 0 Å². The predicted octanol–water partition coefficient (Wildman–Crippen LogP) is 3.29. The molecular weight excluding hydrogens is 268 g/mol. The van der Waals surface area contributed by atoms with E-state index < -0.39 is 0 Å². The zero-order valence-electron chi connectivity index (χ0n) is 9.47. The van der Waals surface area contributed by atoms with Crippen LogP contribution in [0.1, 0.15) is 10.4 Å². The summed E-state index contributed by atoms with van der Waals surface area (Å²) in [4.78, 5) is 16.0. The maximum absolute atomic E-state index is 11.9. The summed E-state index contributed by atoms with van der Waals surface area (Å²) in [5, 5.41) is 0.964. The van der Waals surface area contributed by atoms with Crippen molar-refractivity contribution in [2.24, 2.45) is 0 Å². The van der Waals surface area contributed by atoms with Crippen LogP contribution in [0.4, 0.5) is 5.69 Å². The monoisotopic (exact) mass is 278 g/mol. The molecule has 0 aliphatic rings. The van der Waals surface area contributed by atoms with Crippen LogP contribution in [0.15, 0.2) is 47.5 Å². The number of Topliss-reactive ketones (excluding diaryl/α,β-unsaturated/α-hetero) is 1. The number of nitrogens with zero attached hydrogens (tertiary/aromatic N) is 1. The molecule has 3 nitrogen and oxygen atoms in total. The number of carbonyl (C=O) groups is 1. The summed E-state index contributed by atoms with van der Waals surface area (Å²) in [6, 6.07) is 12.4. The molecule has 0 spiro atoms. The molecule has 0 atom stereocenters. The Morgan fingerprint density at radius 2 is 1.94 bits per heavy atom. The molecule has 0 bridgehead atoms. The van der Waals surface area contributed by atoms with Crippen LogP contribution in [0, 0.1) is 0 Å². The Balaban J connectivity index is 2.04. The van der Waals surface area contributed by atoms with Crippen molar-refractivity contribution >= 4 is 34.8 Å². The number of anilines is 1. The van der Waals surface area contributed by atoms with Crippen LogP contribution < -0.4 is 5.73 Å². The van der Waals surface area contributed by atoms with Gasteiger partial charge in [-0.2, -0.15) is 0 Å². The van der Waals surface area contributed by atoms with Crippen LogP contribution in [0.5, 0.6) is 0 Å². The second kappa shape index (κ2) is 5.89. The van der Waals surface area contributed by atoms with Gasteiger partial charge < -0.3 is 5.73 Å². The average molecular weight is 279 g/mol. The lowest BCUT2D eigenvalue weighted by molar-refractivity contribution is 0.102. The second-order valence-electron chi connectivity index (χ2n) is 3.61. The third-order valence-corrected chi connectivity index (χ3v) is 3.51. The number of nitrogen functional groups attached to an aromatic ring is 1. The minimum absolute atomic E-state index is 0.0433. The van der Waals surface area contributed by atoms with Gasteiger partial charge in [0.25, 0.3) is 0 Å². The number of halogens is 1. The van der Waals surface area contributed by atoms with E-state index in [1.54, 1.807) is 24.3 Å². The van der Waals surface area contributed by atoms with Gasteiger partial charge in [-0.3, -0.25) is 4.79 Å². The first-order valence-corrected chi connectivity index (χ1v) is 6.66. The van der Waals surface area contributed by atoms with Gasteiger partial charge in [0, 0.05) is 5.56 Å². The molecule has 0 amide bonds. The van der Waals surface area contributed by atoms with Crippen molar-refractivity contribution in [1.82, 2.24) is 4.98 Å². The number of ketones is 1. The standard InChI is InChI=1S/C13H11ClN2OS/c14-12-7-6-10(15)13(16-12)18-8-11(17)9-4-2-1-3-5-9/h1-7H,8,15H2. The minimum Gasteiger partial charge on any atom is -0.397 e. The quantitative estimate of drug-likeness (QED) is 0.530. The number of hydrogen-bond donors (Lipinski definition) is 1. The van der Waals surface area contributed by atoms with Gasteiger partial charge >= 0.3 is 0 Å². The molecule has 0 saturated carbocycles. The van der Waals surface area contributed by atoms with E-state index in [0.717, 1.165) is 0 Å². The van der Waals surface area contributed by atoms with Crippen molar-refractivity contribution in [2.75, 3.05) is 11.5 Å². The van der Waals surface area contributed by atoms with Gasteiger partial charge in [0.2, 0.25) is 0 Å². The number of nitrogens with two attached hydrogens (primary N) is 1. The summed E-state index contributed by atoms with van der Waals surface area (Å²) in [7, 11) is 0. The van der Waals surface area contributed by atoms with Crippen molar-refractivity contribution in [2.45, 2.75) is 5.03 Å². The molecule has 1 aromatic carbocycles. The molecule has 0 aliphatic heterocycles. The van der Waals surface area contributed by atoms with Gasteiger partial charge in [-0.1, -0.05) is 53.7 Å². The fourth-order valence-electron chi connectivity index (χ4n) is 1.39. The molecule has 0 radical (unpaired) electrons. The van der Waals surface area contributed by atoms with Crippen molar-refractivity contribution in [3.05, 3.63) is 53.2 Å². The Hall–Kier alpha value is -1.52. The fraction of sp³-hybridized carbons (Fsp3) is 0.0769. The first-order valence-electron chi connectivity index (χ1n) is 5.30. The summed E-state index contributed by atoms with van der Waals surface area (Å²) >= 11 is 7.08. The molecule has 0 fully saturated rings. The molecule has 92 valence electrons. The Morgan fingerprint density at radius 3 is 2.67 bits per heavy atom. The normalized spacial score (nSPS) is 10.3. The van der Waals surface area contributed by atoms with Gasteiger partial charge in [-0.05, 0) is 12.1 Å². The van der Waals surface area contributed by atoms with Crippen LogP contribution in [-0.2, 0) is 0 Å². The summed E-state index contributed by atoms with van der Waals surface area (Å²) in [5.41, 5.74) is 6.98. The van der Waals surface area contributed by atoms with Crippen molar-refractivity contribution < 1.29 is 4.79 Å². The Labute approximate surface area is 114 Å². The Morgan fingerprint density at radius 1 is 1.22 bits per heavy atom. The third-order valence-electron chi connectivity index (χ3n) is 2.29. The number of carbonyl (C=O) groups excluding carboxylic acids is 1. The van der Waals surface area contributed by atoms with Crippen LogP contribution in [0.2, 0.25) is 5.15 Å². The SMILES string of the molecule is Nc1ccc(Cl)nc1SCC(=O)c1ccccc1. The average Bonchev–Trinajstić information content (AvgIpc) is 2.40. The van der Waals surface area contributed by atoms with E-state index in [9.17, 15) is 4.79 Å². The predicted molar refractivity (Wildman–Crippen MR) is 75.2 cm³/mol. The lowest BCUT2D eigenvalue weighted by Crippen LogP contribution is -2.03. The highest BCUT2D eigenvalue weighted by Crippen LogP contribution is 2.25. The van der Waals surface area contributed by atoms with Gasteiger partial charge in [-0.25, -0.2) is 4.98 Å². The molecule has 2 aromatic rings. The smallest absolute Gasteiger partial charge is 0.173 e. The first kappa shape index (κ1) is 12.9. The number of pyridine rings is 1. The maximum Gasteiger partial charge on any atom is 0.173 e. The van der Waals surface area contributed by atoms with Crippen molar-refractivity contribution in [1.29, 1.82) is 0 Å². The first-order chi connectivity index (χ1) is 8.66. The number of hydrogen-bond acceptors (Lipinski definition) is 4. The fourth-order valence-corrected chi connectivity index (χ4v) is 2.42. The van der Waals surface area contributed by atoms with Crippen LogP contribution >= 0.6 is 23.4 Å². The number of thioether (sulfide) groups is 1. The van der Waals surface area contributed by atoms with E-state index in [-0.39, 0.29) is 5.78 Å². The summed E-state index contributed by atoms with van der Waals surface area (Å²) in [5.74, 6) is 0.337. The number of benzene rings is 1. The molecule has 1 aromatic heterocycles. The molecule has 18 heavy (non-hydrogen) atoms. The molecule has 0 unspecified atom stereocenters. The van der Waals surface area contributed by atoms with Crippen LogP contribution in [0.3, 0.4) is 0 Å². The van der Waals surface area contributed by atoms with Crippen LogP contribution in [-0.4, -0.2) is 16.5 Å². The largest absolute Gasteiger partial charge is 0.397 e. The molecule has 1 heterocycles. The molecular formula is C13H11ClN2OS. The highest BCUT2D eigenvalue weighted by Gasteiger charge is 2.09. The summed E-state index contributed by atoms with van der Waals surface area (Å²) in [6.45, 7) is 0. The zero-order valence-corrected chi connectivity index (χ0v) is 11.0. The topological polar surface area (TPSA) is 56.0 Å². The molecule has 0 saturated heterocycles. The minimum atomic E-state index is 0.0433. The molecule has 2 rings (SSSR count). The van der Waals surface area contributed by atoms with E-state index in [1.165, 1.54) is 11.8 Å². The van der Waals surface area contributed by atoms with Crippen molar-refractivity contribution in [3.63, 3.8) is 0 Å². The number of rotatable bonds is 4. The molecule has 0 aliphatic carbocycles. The van der Waals surface area contributed by atoms with E-state index in [2.05, 4.69) is 4.98 Å². The summed E-state index contributed by atoms with van der Waals surface area (Å²) < 4.78 is 0. The van der Waals surface area contributed by atoms with E-state index in [1.807, 2.05) is 18.2 Å². The number of aromatic nitrogens is 1. The zero-order chi connectivity index (χ0) is 13.0. The maximum atomic E-state index is 11.9. The van der Waals surface area contributed by atoms with Crippen LogP contribution in [0.25, 0.3) is 0 Å². The highest BCUT2D eigenvalue weighted by atomic mass is 35.5. The summed E-state index contributed by atoms with van der Waals surface area (Å²) in [6.07, 6.45) is 0. The molecule has 2 N–H and O–H groups in total. The lowest BCUT2D eigenvalue weighted by Gasteiger charge is -2.04. The Kier molecular flexibility index (Phi) is 4.23.